The minimum absolute atomic E-state index is 0.0371. The van der Waals surface area contributed by atoms with Gasteiger partial charge in [0.15, 0.2) is 0 Å². The molecule has 1 spiro atoms. The molecule has 2 aliphatic rings. The summed E-state index contributed by atoms with van der Waals surface area (Å²) >= 11 is 0. The number of aryl methyl sites for hydroxylation is 1. The third kappa shape index (κ3) is 2.21. The molecule has 102 valence electrons. The van der Waals surface area contributed by atoms with Crippen molar-refractivity contribution < 1.29 is 9.90 Å². The fourth-order valence-electron chi connectivity index (χ4n) is 3.24. The number of phenolic OH excluding ortho intramolecular Hbond substituents is 1. The summed E-state index contributed by atoms with van der Waals surface area (Å²) in [6.45, 7) is 5.61. The molecule has 2 heterocycles. The topological polar surface area (TPSA) is 52.6 Å². The Balaban J connectivity index is 1.79. The molecule has 2 aliphatic heterocycles. The van der Waals surface area contributed by atoms with Gasteiger partial charge in [0, 0.05) is 25.0 Å². The lowest BCUT2D eigenvalue weighted by Crippen LogP contribution is -2.33. The van der Waals surface area contributed by atoms with Crippen LogP contribution in [0.5, 0.6) is 5.75 Å². The van der Waals surface area contributed by atoms with E-state index in [1.54, 1.807) is 12.1 Å². The summed E-state index contributed by atoms with van der Waals surface area (Å²) in [5.74, 6) is 0.0473. The minimum atomic E-state index is -0.0371. The van der Waals surface area contributed by atoms with Crippen LogP contribution >= 0.6 is 0 Å². The minimum Gasteiger partial charge on any atom is -0.507 e. The van der Waals surface area contributed by atoms with Crippen LogP contribution in [0.1, 0.15) is 28.8 Å². The van der Waals surface area contributed by atoms with Gasteiger partial charge in [0.25, 0.3) is 5.91 Å². The third-order valence-electron chi connectivity index (χ3n) is 4.44. The summed E-state index contributed by atoms with van der Waals surface area (Å²) in [6.07, 6.45) is 2.22. The summed E-state index contributed by atoms with van der Waals surface area (Å²) in [5.41, 5.74) is 1.70. The molecule has 0 bridgehead atoms. The van der Waals surface area contributed by atoms with Crippen molar-refractivity contribution in [2.75, 3.05) is 26.2 Å². The molecule has 4 nitrogen and oxygen atoms in total. The highest BCUT2D eigenvalue weighted by Crippen LogP contribution is 2.37. The first-order chi connectivity index (χ1) is 9.10. The molecule has 0 radical (unpaired) electrons. The van der Waals surface area contributed by atoms with Gasteiger partial charge in [-0.25, -0.2) is 0 Å². The number of likely N-dealkylation sites (tertiary alicyclic amines) is 1. The van der Waals surface area contributed by atoms with E-state index in [9.17, 15) is 9.90 Å². The van der Waals surface area contributed by atoms with Crippen molar-refractivity contribution >= 4 is 5.91 Å². The highest BCUT2D eigenvalue weighted by molar-refractivity contribution is 5.97. The molecule has 3 rings (SSSR count). The van der Waals surface area contributed by atoms with Crippen LogP contribution < -0.4 is 5.32 Å². The number of rotatable bonds is 1. The van der Waals surface area contributed by atoms with E-state index >= 15 is 0 Å². The van der Waals surface area contributed by atoms with Crippen LogP contribution in [0.15, 0.2) is 18.2 Å². The fraction of sp³-hybridized carbons (Fsp3) is 0.533. The summed E-state index contributed by atoms with van der Waals surface area (Å²) in [5, 5.41) is 13.3. The number of nitrogens with one attached hydrogen (secondary N) is 1. The highest BCUT2D eigenvalue weighted by atomic mass is 16.3. The van der Waals surface area contributed by atoms with Crippen LogP contribution in [0, 0.1) is 12.3 Å². The summed E-state index contributed by atoms with van der Waals surface area (Å²) in [4.78, 5) is 14.4. The van der Waals surface area contributed by atoms with Crippen molar-refractivity contribution in [2.24, 2.45) is 5.41 Å². The monoisotopic (exact) mass is 260 g/mol. The Labute approximate surface area is 113 Å². The van der Waals surface area contributed by atoms with Gasteiger partial charge in [-0.3, -0.25) is 4.79 Å². The van der Waals surface area contributed by atoms with E-state index < -0.39 is 0 Å². The van der Waals surface area contributed by atoms with Gasteiger partial charge in [-0.2, -0.15) is 0 Å². The van der Waals surface area contributed by atoms with E-state index in [1.165, 1.54) is 0 Å². The maximum atomic E-state index is 12.5. The average molecular weight is 260 g/mol. The molecule has 0 aliphatic carbocycles. The zero-order valence-electron chi connectivity index (χ0n) is 11.3. The van der Waals surface area contributed by atoms with Crippen molar-refractivity contribution in [3.63, 3.8) is 0 Å². The number of carbonyl (C=O) groups is 1. The zero-order valence-corrected chi connectivity index (χ0v) is 11.3. The molecule has 2 saturated heterocycles. The van der Waals surface area contributed by atoms with Crippen molar-refractivity contribution in [3.8, 4) is 5.75 Å². The van der Waals surface area contributed by atoms with Crippen molar-refractivity contribution in [2.45, 2.75) is 19.8 Å². The fourth-order valence-corrected chi connectivity index (χ4v) is 3.24. The molecule has 2 fully saturated rings. The number of nitrogens with zero attached hydrogens (tertiary/aromatic N) is 1. The lowest BCUT2D eigenvalue weighted by molar-refractivity contribution is 0.0772. The first-order valence-corrected chi connectivity index (χ1v) is 6.89. The van der Waals surface area contributed by atoms with E-state index in [-0.39, 0.29) is 17.1 Å². The van der Waals surface area contributed by atoms with Crippen LogP contribution in [0.4, 0.5) is 0 Å². The largest absolute Gasteiger partial charge is 0.507 e. The maximum Gasteiger partial charge on any atom is 0.257 e. The average Bonchev–Trinajstić information content (AvgIpc) is 3.03. The van der Waals surface area contributed by atoms with Gasteiger partial charge in [0.1, 0.15) is 5.75 Å². The SMILES string of the molecule is Cc1ccc(O)c(C(=O)N2CCC3(CCNC3)C2)c1. The molecule has 1 amide bonds. The Morgan fingerprint density at radius 2 is 2.26 bits per heavy atom. The second-order valence-corrected chi connectivity index (χ2v) is 5.92. The normalized spacial score (nSPS) is 26.3. The predicted molar refractivity (Wildman–Crippen MR) is 73.3 cm³/mol. The molecular formula is C15H20N2O2. The van der Waals surface area contributed by atoms with Crippen LogP contribution in [0.2, 0.25) is 0 Å². The van der Waals surface area contributed by atoms with Gasteiger partial charge >= 0.3 is 0 Å². The van der Waals surface area contributed by atoms with E-state index in [0.29, 0.717) is 5.56 Å². The summed E-state index contributed by atoms with van der Waals surface area (Å²) in [6, 6.07) is 5.19. The summed E-state index contributed by atoms with van der Waals surface area (Å²) < 4.78 is 0. The van der Waals surface area contributed by atoms with Gasteiger partial charge in [-0.05, 0) is 38.4 Å². The molecule has 1 aromatic rings. The number of hydrogen-bond acceptors (Lipinski definition) is 3. The van der Waals surface area contributed by atoms with E-state index in [4.69, 9.17) is 0 Å². The Bertz CT molecular complexity index is 507. The molecule has 1 aromatic carbocycles. The Morgan fingerprint density at radius 3 is 3.00 bits per heavy atom. The molecular weight excluding hydrogens is 240 g/mol. The van der Waals surface area contributed by atoms with Crippen LogP contribution in [0.3, 0.4) is 0 Å². The molecule has 2 N–H and O–H groups in total. The Kier molecular flexibility index (Phi) is 2.97. The van der Waals surface area contributed by atoms with E-state index in [0.717, 1.165) is 44.6 Å². The van der Waals surface area contributed by atoms with Crippen LogP contribution in [-0.2, 0) is 0 Å². The lowest BCUT2D eigenvalue weighted by Gasteiger charge is -2.23. The van der Waals surface area contributed by atoms with Crippen LogP contribution in [-0.4, -0.2) is 42.1 Å². The quantitative estimate of drug-likeness (QED) is 0.805. The molecule has 4 heteroatoms. The molecule has 0 aromatic heterocycles. The van der Waals surface area contributed by atoms with Gasteiger partial charge in [0.05, 0.1) is 5.56 Å². The number of benzene rings is 1. The van der Waals surface area contributed by atoms with E-state index in [2.05, 4.69) is 5.32 Å². The number of hydrogen-bond donors (Lipinski definition) is 2. The highest BCUT2D eigenvalue weighted by Gasteiger charge is 2.42. The van der Waals surface area contributed by atoms with Crippen molar-refractivity contribution in [1.82, 2.24) is 10.2 Å². The van der Waals surface area contributed by atoms with Gasteiger partial charge in [-0.15, -0.1) is 0 Å². The number of amides is 1. The van der Waals surface area contributed by atoms with E-state index in [1.807, 2.05) is 17.9 Å². The number of aromatic hydroxyl groups is 1. The standard InChI is InChI=1S/C15H20N2O2/c1-11-2-3-13(18)12(8-11)14(19)17-7-5-15(10-17)4-6-16-9-15/h2-3,8,16,18H,4-7,9-10H2,1H3. The second-order valence-electron chi connectivity index (χ2n) is 5.92. The Morgan fingerprint density at radius 1 is 1.42 bits per heavy atom. The smallest absolute Gasteiger partial charge is 0.257 e. The van der Waals surface area contributed by atoms with Crippen LogP contribution in [0.25, 0.3) is 0 Å². The summed E-state index contributed by atoms with van der Waals surface area (Å²) in [7, 11) is 0. The zero-order chi connectivity index (χ0) is 13.5. The Hall–Kier alpha value is -1.55. The van der Waals surface area contributed by atoms with Gasteiger partial charge < -0.3 is 15.3 Å². The third-order valence-corrected chi connectivity index (χ3v) is 4.44. The first kappa shape index (κ1) is 12.5. The molecule has 19 heavy (non-hydrogen) atoms. The van der Waals surface area contributed by atoms with Gasteiger partial charge in [-0.1, -0.05) is 11.6 Å². The molecule has 0 saturated carbocycles. The number of carbonyl (C=O) groups excluding carboxylic acids is 1. The number of phenols is 1. The lowest BCUT2D eigenvalue weighted by atomic mass is 9.86. The first-order valence-electron chi connectivity index (χ1n) is 6.89. The maximum absolute atomic E-state index is 12.5. The second kappa shape index (κ2) is 4.53. The van der Waals surface area contributed by atoms with Gasteiger partial charge in [0.2, 0.25) is 0 Å². The molecule has 1 atom stereocenters. The van der Waals surface area contributed by atoms with Crippen molar-refractivity contribution in [3.05, 3.63) is 29.3 Å². The van der Waals surface area contributed by atoms with Crippen molar-refractivity contribution in [1.29, 1.82) is 0 Å². The predicted octanol–water partition coefficient (Wildman–Crippen LogP) is 1.53. The molecule has 1 unspecified atom stereocenters.